The van der Waals surface area contributed by atoms with E-state index in [0.717, 1.165) is 16.5 Å². The third kappa shape index (κ3) is 5.39. The van der Waals surface area contributed by atoms with Crippen molar-refractivity contribution in [1.29, 1.82) is 0 Å². The van der Waals surface area contributed by atoms with E-state index in [1.165, 1.54) is 14.7 Å². The number of carbonyl (C=O) groups is 1. The second-order valence-electron chi connectivity index (χ2n) is 7.91. The molecule has 0 unspecified atom stereocenters. The van der Waals surface area contributed by atoms with E-state index >= 15 is 0 Å². The van der Waals surface area contributed by atoms with E-state index in [0.29, 0.717) is 12.2 Å². The van der Waals surface area contributed by atoms with Crippen LogP contribution in [0.3, 0.4) is 0 Å². The maximum absolute atomic E-state index is 12.6. The highest BCUT2D eigenvalue weighted by molar-refractivity contribution is 7.97. The van der Waals surface area contributed by atoms with Crippen LogP contribution in [0, 0.1) is 0 Å². The molecule has 4 heteroatoms. The molecule has 0 fully saturated rings. The molecule has 0 N–H and O–H groups in total. The summed E-state index contributed by atoms with van der Waals surface area (Å²) in [7, 11) is -0.194. The number of carbonyl (C=O) groups excluding carboxylic acids is 1. The number of hydrogen-bond acceptors (Lipinski definition) is 3. The zero-order valence-corrected chi connectivity index (χ0v) is 20.0. The fraction of sp³-hybridized carbons (Fsp3) is 0.0645. The summed E-state index contributed by atoms with van der Waals surface area (Å²) in [6.07, 6.45) is 0. The van der Waals surface area contributed by atoms with Gasteiger partial charge in [-0.1, -0.05) is 72.8 Å². The first kappa shape index (κ1) is 22.8. The van der Waals surface area contributed by atoms with E-state index in [-0.39, 0.29) is 23.5 Å². The quantitative estimate of drug-likeness (QED) is 0.135. The third-order valence-corrected chi connectivity index (χ3v) is 7.84. The van der Waals surface area contributed by atoms with Crippen molar-refractivity contribution in [3.63, 3.8) is 0 Å². The van der Waals surface area contributed by atoms with Crippen molar-refractivity contribution < 1.29 is 14.3 Å². The Morgan fingerprint density at radius 2 is 1.14 bits per heavy atom. The Labute approximate surface area is 208 Å². The summed E-state index contributed by atoms with van der Waals surface area (Å²) in [5, 5.41) is 1.91. The molecule has 5 aromatic carbocycles. The van der Waals surface area contributed by atoms with Crippen molar-refractivity contribution in [2.24, 2.45) is 0 Å². The first-order valence-corrected chi connectivity index (χ1v) is 12.7. The number of ether oxygens (including phenoxy) is 2. The molecule has 0 amide bonds. The van der Waals surface area contributed by atoms with Gasteiger partial charge in [-0.25, -0.2) is 4.79 Å². The van der Waals surface area contributed by atoms with Gasteiger partial charge in [0.2, 0.25) is 0 Å². The van der Waals surface area contributed by atoms with Gasteiger partial charge < -0.3 is 9.47 Å². The Bertz CT molecular complexity index is 1360. The van der Waals surface area contributed by atoms with Gasteiger partial charge in [0.05, 0.1) is 16.5 Å². The molecule has 0 aliphatic carbocycles. The topological polar surface area (TPSA) is 35.5 Å². The Morgan fingerprint density at radius 1 is 0.571 bits per heavy atom. The monoisotopic (exact) mass is 477 g/mol. The van der Waals surface area contributed by atoms with E-state index in [1.54, 1.807) is 6.07 Å². The summed E-state index contributed by atoms with van der Waals surface area (Å²) in [5.74, 6) is 0.412. The Balaban J connectivity index is 1.22. The molecule has 0 radical (unpaired) electrons. The molecular weight excluding hydrogens is 452 g/mol. The zero-order chi connectivity index (χ0) is 23.9. The Kier molecular flexibility index (Phi) is 7.11. The van der Waals surface area contributed by atoms with Crippen LogP contribution in [0.15, 0.2) is 142 Å². The zero-order valence-electron chi connectivity index (χ0n) is 19.2. The summed E-state index contributed by atoms with van der Waals surface area (Å²) in [6.45, 7) is 0.473. The summed E-state index contributed by atoms with van der Waals surface area (Å²) >= 11 is 0. The van der Waals surface area contributed by atoms with Crippen LogP contribution in [-0.4, -0.2) is 19.2 Å². The molecule has 3 nitrogen and oxygen atoms in total. The molecule has 0 saturated carbocycles. The van der Waals surface area contributed by atoms with Gasteiger partial charge >= 0.3 is 5.97 Å². The highest BCUT2D eigenvalue weighted by Gasteiger charge is 2.28. The lowest BCUT2D eigenvalue weighted by Crippen LogP contribution is -2.12. The van der Waals surface area contributed by atoms with Crippen LogP contribution >= 0.6 is 0 Å². The lowest BCUT2D eigenvalue weighted by Gasteiger charge is -2.10. The van der Waals surface area contributed by atoms with Crippen LogP contribution in [0.2, 0.25) is 0 Å². The minimum atomic E-state index is -0.337. The smallest absolute Gasteiger partial charge is 0.338 e. The van der Waals surface area contributed by atoms with E-state index in [9.17, 15) is 4.79 Å². The molecule has 0 aliphatic rings. The van der Waals surface area contributed by atoms with Gasteiger partial charge in [-0.15, -0.1) is 0 Å². The van der Waals surface area contributed by atoms with Crippen molar-refractivity contribution in [1.82, 2.24) is 0 Å². The van der Waals surface area contributed by atoms with Crippen molar-refractivity contribution >= 4 is 27.6 Å². The first-order chi connectivity index (χ1) is 17.3. The van der Waals surface area contributed by atoms with Crippen LogP contribution in [-0.2, 0) is 15.6 Å². The van der Waals surface area contributed by atoms with E-state index in [4.69, 9.17) is 9.47 Å². The first-order valence-electron chi connectivity index (χ1n) is 11.5. The summed E-state index contributed by atoms with van der Waals surface area (Å²) in [6, 6.07) is 42.7. The van der Waals surface area contributed by atoms with Gasteiger partial charge in [0.15, 0.2) is 14.7 Å². The van der Waals surface area contributed by atoms with Gasteiger partial charge in [-0.05, 0) is 65.4 Å². The van der Waals surface area contributed by atoms with Gasteiger partial charge in [-0.2, -0.15) is 0 Å². The standard InChI is InChI=1S/C31H25O3S/c32-31(30-17-9-11-24-10-7-8-16-29(24)30)34-23-22-33-25-18-20-28(21-19-25)35(26-12-3-1-4-13-26)27-14-5-2-6-15-27/h1-21H,22-23H2/q+1. The number of benzene rings is 5. The largest absolute Gasteiger partial charge is 0.490 e. The Hall–Kier alpha value is -4.02. The number of fused-ring (bicyclic) bond motifs is 1. The SMILES string of the molecule is O=C(OCCOc1ccc([S+](c2ccccc2)c2ccccc2)cc1)c1cccc2ccccc12. The molecule has 0 heterocycles. The van der Waals surface area contributed by atoms with E-state index in [2.05, 4.69) is 60.7 Å². The fourth-order valence-corrected chi connectivity index (χ4v) is 6.05. The second kappa shape index (κ2) is 10.9. The molecule has 0 aromatic heterocycles. The number of hydrogen-bond donors (Lipinski definition) is 0. The summed E-state index contributed by atoms with van der Waals surface area (Å²) in [5.41, 5.74) is 0.571. The van der Waals surface area contributed by atoms with Crippen LogP contribution in [0.25, 0.3) is 10.8 Å². The summed E-state index contributed by atoms with van der Waals surface area (Å²) in [4.78, 5) is 16.3. The van der Waals surface area contributed by atoms with Gasteiger partial charge in [0.1, 0.15) is 19.0 Å². The van der Waals surface area contributed by atoms with E-state index < -0.39 is 0 Å². The molecular formula is C31H25O3S+. The molecule has 172 valence electrons. The lowest BCUT2D eigenvalue weighted by molar-refractivity contribution is 0.0452. The predicted octanol–water partition coefficient (Wildman–Crippen LogP) is 7.17. The maximum Gasteiger partial charge on any atom is 0.338 e. The highest BCUT2D eigenvalue weighted by atomic mass is 32.2. The van der Waals surface area contributed by atoms with Crippen molar-refractivity contribution in [2.45, 2.75) is 14.7 Å². The van der Waals surface area contributed by atoms with Crippen LogP contribution in [0.5, 0.6) is 5.75 Å². The molecule has 0 aliphatic heterocycles. The normalized spacial score (nSPS) is 10.9. The summed E-state index contributed by atoms with van der Waals surface area (Å²) < 4.78 is 11.3. The minimum absolute atomic E-state index is 0.183. The van der Waals surface area contributed by atoms with Crippen LogP contribution in [0.4, 0.5) is 0 Å². The maximum atomic E-state index is 12.6. The third-order valence-electron chi connectivity index (χ3n) is 5.61. The van der Waals surface area contributed by atoms with Crippen molar-refractivity contribution in [3.05, 3.63) is 133 Å². The molecule has 5 rings (SSSR count). The molecule has 0 spiro atoms. The van der Waals surface area contributed by atoms with Crippen LogP contribution in [0.1, 0.15) is 10.4 Å². The highest BCUT2D eigenvalue weighted by Crippen LogP contribution is 2.31. The average molecular weight is 478 g/mol. The number of esters is 1. The molecule has 0 bridgehead atoms. The fourth-order valence-electron chi connectivity index (χ4n) is 3.97. The molecule has 35 heavy (non-hydrogen) atoms. The van der Waals surface area contributed by atoms with Crippen molar-refractivity contribution in [3.8, 4) is 5.75 Å². The predicted molar refractivity (Wildman–Crippen MR) is 141 cm³/mol. The molecule has 0 atom stereocenters. The van der Waals surface area contributed by atoms with E-state index in [1.807, 2.05) is 60.7 Å². The Morgan fingerprint density at radius 3 is 1.83 bits per heavy atom. The number of rotatable bonds is 8. The molecule has 5 aromatic rings. The van der Waals surface area contributed by atoms with Gasteiger partial charge in [0.25, 0.3) is 0 Å². The molecule has 0 saturated heterocycles. The second-order valence-corrected chi connectivity index (χ2v) is 9.94. The van der Waals surface area contributed by atoms with Gasteiger partial charge in [-0.3, -0.25) is 0 Å². The average Bonchev–Trinajstić information content (AvgIpc) is 2.93. The van der Waals surface area contributed by atoms with Crippen molar-refractivity contribution in [2.75, 3.05) is 13.2 Å². The minimum Gasteiger partial charge on any atom is -0.490 e. The van der Waals surface area contributed by atoms with Crippen LogP contribution < -0.4 is 4.74 Å². The van der Waals surface area contributed by atoms with Gasteiger partial charge in [0, 0.05) is 0 Å². The lowest BCUT2D eigenvalue weighted by atomic mass is 10.1.